The highest BCUT2D eigenvalue weighted by molar-refractivity contribution is 8.02. The van der Waals surface area contributed by atoms with Crippen molar-refractivity contribution in [3.63, 3.8) is 0 Å². The molecule has 1 aliphatic rings. The van der Waals surface area contributed by atoms with E-state index in [9.17, 15) is 0 Å². The second-order valence-corrected chi connectivity index (χ2v) is 2.95. The van der Waals surface area contributed by atoms with Gasteiger partial charge in [0, 0.05) is 29.0 Å². The summed E-state index contributed by atoms with van der Waals surface area (Å²) in [6, 6.07) is 0. The Balaban J connectivity index is 2.54. The molecule has 0 radical (unpaired) electrons. The Morgan fingerprint density at radius 3 is 2.75 bits per heavy atom. The van der Waals surface area contributed by atoms with Crippen LogP contribution in [0.1, 0.15) is 20.3 Å². The molecule has 0 atom stereocenters. The molecular formula is C6H9NS. The first-order valence-electron chi connectivity index (χ1n) is 2.66. The van der Waals surface area contributed by atoms with E-state index in [1.165, 1.54) is 10.6 Å². The molecule has 0 amide bonds. The minimum atomic E-state index is 1.04. The SMILES string of the molecule is CC1=CCC(C)=NS1. The fourth-order valence-corrected chi connectivity index (χ4v) is 1.05. The number of hydrogen-bond acceptors (Lipinski definition) is 2. The van der Waals surface area contributed by atoms with Gasteiger partial charge in [-0.15, -0.1) is 0 Å². The molecule has 0 aromatic heterocycles. The Morgan fingerprint density at radius 2 is 2.38 bits per heavy atom. The molecule has 0 aromatic rings. The largest absolute Gasteiger partial charge is 0.221 e. The normalized spacial score (nSPS) is 19.8. The third kappa shape index (κ3) is 1.37. The van der Waals surface area contributed by atoms with E-state index in [2.05, 4.69) is 24.3 Å². The lowest BCUT2D eigenvalue weighted by molar-refractivity contribution is 1.38. The van der Waals surface area contributed by atoms with E-state index in [1.54, 1.807) is 11.9 Å². The molecule has 0 N–H and O–H groups in total. The topological polar surface area (TPSA) is 12.4 Å². The summed E-state index contributed by atoms with van der Waals surface area (Å²) in [4.78, 5) is 1.32. The Hall–Kier alpha value is -0.240. The molecule has 0 aromatic carbocycles. The van der Waals surface area contributed by atoms with Gasteiger partial charge in [-0.25, -0.2) is 4.40 Å². The smallest absolute Gasteiger partial charge is 0.0273 e. The van der Waals surface area contributed by atoms with Crippen molar-refractivity contribution in [3.05, 3.63) is 11.0 Å². The van der Waals surface area contributed by atoms with Crippen molar-refractivity contribution >= 4 is 17.7 Å². The minimum absolute atomic E-state index is 1.04. The Kier molecular flexibility index (Phi) is 1.73. The molecule has 0 bridgehead atoms. The van der Waals surface area contributed by atoms with Crippen molar-refractivity contribution in [2.75, 3.05) is 0 Å². The van der Waals surface area contributed by atoms with E-state index < -0.39 is 0 Å². The maximum Gasteiger partial charge on any atom is 0.0273 e. The standard InChI is InChI=1S/C6H9NS/c1-5-3-4-6(2)8-7-5/h4H,3H2,1-2H3. The minimum Gasteiger partial charge on any atom is -0.221 e. The first-order chi connectivity index (χ1) is 3.79. The zero-order valence-electron chi connectivity index (χ0n) is 5.14. The van der Waals surface area contributed by atoms with Gasteiger partial charge in [0.05, 0.1) is 0 Å². The van der Waals surface area contributed by atoms with Crippen LogP contribution in [0.5, 0.6) is 0 Å². The average Bonchev–Trinajstić information content (AvgIpc) is 1.77. The first kappa shape index (κ1) is 5.89. The fraction of sp³-hybridized carbons (Fsp3) is 0.500. The monoisotopic (exact) mass is 127 g/mol. The zero-order valence-corrected chi connectivity index (χ0v) is 5.96. The summed E-state index contributed by atoms with van der Waals surface area (Å²) in [5.41, 5.74) is 1.22. The molecule has 2 heteroatoms. The fourth-order valence-electron chi connectivity index (χ4n) is 0.516. The van der Waals surface area contributed by atoms with Crippen LogP contribution < -0.4 is 0 Å². The summed E-state index contributed by atoms with van der Waals surface area (Å²) in [6.45, 7) is 4.14. The van der Waals surface area contributed by atoms with Gasteiger partial charge in [0.2, 0.25) is 0 Å². The first-order valence-corrected chi connectivity index (χ1v) is 3.43. The molecule has 1 aliphatic heterocycles. The van der Waals surface area contributed by atoms with Gasteiger partial charge in [0.15, 0.2) is 0 Å². The maximum absolute atomic E-state index is 4.18. The van der Waals surface area contributed by atoms with E-state index in [-0.39, 0.29) is 0 Å². The number of hydrogen-bond donors (Lipinski definition) is 0. The van der Waals surface area contributed by atoms with Crippen molar-refractivity contribution in [1.29, 1.82) is 0 Å². The molecular weight excluding hydrogens is 118 g/mol. The van der Waals surface area contributed by atoms with Crippen molar-refractivity contribution in [2.24, 2.45) is 4.40 Å². The van der Waals surface area contributed by atoms with Crippen LogP contribution >= 0.6 is 11.9 Å². The second-order valence-electron chi connectivity index (χ2n) is 1.94. The number of nitrogens with zero attached hydrogens (tertiary/aromatic N) is 1. The van der Waals surface area contributed by atoms with Crippen LogP contribution in [0.4, 0.5) is 0 Å². The summed E-state index contributed by atoms with van der Waals surface area (Å²) < 4.78 is 4.18. The molecule has 0 saturated heterocycles. The Labute approximate surface area is 54.0 Å². The van der Waals surface area contributed by atoms with E-state index >= 15 is 0 Å². The van der Waals surface area contributed by atoms with Gasteiger partial charge in [-0.1, -0.05) is 6.08 Å². The van der Waals surface area contributed by atoms with E-state index in [0.717, 1.165) is 6.42 Å². The maximum atomic E-state index is 4.18. The molecule has 1 nitrogen and oxygen atoms in total. The summed E-state index contributed by atoms with van der Waals surface area (Å²) in [5.74, 6) is 0. The van der Waals surface area contributed by atoms with Crippen LogP contribution in [0.3, 0.4) is 0 Å². The number of rotatable bonds is 0. The summed E-state index contributed by atoms with van der Waals surface area (Å²) in [6.07, 6.45) is 3.24. The highest BCUT2D eigenvalue weighted by Crippen LogP contribution is 2.21. The Morgan fingerprint density at radius 1 is 1.62 bits per heavy atom. The summed E-state index contributed by atoms with van der Waals surface area (Å²) >= 11 is 1.58. The van der Waals surface area contributed by atoms with Crippen LogP contribution in [0.2, 0.25) is 0 Å². The van der Waals surface area contributed by atoms with E-state index in [1.807, 2.05) is 0 Å². The summed E-state index contributed by atoms with van der Waals surface area (Å²) in [5, 5.41) is 0. The second kappa shape index (κ2) is 2.35. The van der Waals surface area contributed by atoms with Crippen molar-refractivity contribution in [1.82, 2.24) is 0 Å². The highest BCUT2D eigenvalue weighted by atomic mass is 32.2. The van der Waals surface area contributed by atoms with E-state index in [0.29, 0.717) is 0 Å². The van der Waals surface area contributed by atoms with E-state index in [4.69, 9.17) is 0 Å². The average molecular weight is 127 g/mol. The molecule has 44 valence electrons. The molecule has 0 unspecified atom stereocenters. The highest BCUT2D eigenvalue weighted by Gasteiger charge is 1.97. The molecule has 8 heavy (non-hydrogen) atoms. The molecule has 0 spiro atoms. The molecule has 1 rings (SSSR count). The third-order valence-electron chi connectivity index (χ3n) is 1.03. The lowest BCUT2D eigenvalue weighted by atomic mass is 10.3. The van der Waals surface area contributed by atoms with Gasteiger partial charge in [-0.2, -0.15) is 0 Å². The van der Waals surface area contributed by atoms with Crippen LogP contribution in [0.25, 0.3) is 0 Å². The predicted octanol–water partition coefficient (Wildman–Crippen LogP) is 2.40. The van der Waals surface area contributed by atoms with Gasteiger partial charge >= 0.3 is 0 Å². The quantitative estimate of drug-likeness (QED) is 0.455. The van der Waals surface area contributed by atoms with Crippen molar-refractivity contribution in [2.45, 2.75) is 20.3 Å². The van der Waals surface area contributed by atoms with Gasteiger partial charge in [-0.05, 0) is 13.8 Å². The lowest BCUT2D eigenvalue weighted by Gasteiger charge is -2.02. The lowest BCUT2D eigenvalue weighted by Crippen LogP contribution is -1.90. The van der Waals surface area contributed by atoms with Crippen molar-refractivity contribution < 1.29 is 0 Å². The predicted molar refractivity (Wildman–Crippen MR) is 39.1 cm³/mol. The summed E-state index contributed by atoms with van der Waals surface area (Å²) in [7, 11) is 0. The third-order valence-corrected chi connectivity index (χ3v) is 1.89. The van der Waals surface area contributed by atoms with Crippen LogP contribution in [0, 0.1) is 0 Å². The van der Waals surface area contributed by atoms with Crippen LogP contribution in [-0.4, -0.2) is 5.71 Å². The molecule has 0 aliphatic carbocycles. The van der Waals surface area contributed by atoms with Crippen molar-refractivity contribution in [3.8, 4) is 0 Å². The number of allylic oxidation sites excluding steroid dienone is 2. The Bertz CT molecular complexity index is 129. The molecule has 0 fully saturated rings. The molecule has 0 saturated carbocycles. The van der Waals surface area contributed by atoms with Crippen LogP contribution in [0.15, 0.2) is 15.4 Å². The zero-order chi connectivity index (χ0) is 5.98. The molecule has 1 heterocycles. The van der Waals surface area contributed by atoms with Gasteiger partial charge in [-0.3, -0.25) is 0 Å². The van der Waals surface area contributed by atoms with Gasteiger partial charge in [0.25, 0.3) is 0 Å². The van der Waals surface area contributed by atoms with Crippen LogP contribution in [-0.2, 0) is 0 Å². The van der Waals surface area contributed by atoms with Gasteiger partial charge in [0.1, 0.15) is 0 Å². The van der Waals surface area contributed by atoms with Gasteiger partial charge < -0.3 is 0 Å².